The molecule has 5 heteroatoms. The van der Waals surface area contributed by atoms with E-state index < -0.39 is 6.09 Å². The Labute approximate surface area is 100 Å². The van der Waals surface area contributed by atoms with Crippen molar-refractivity contribution in [2.75, 3.05) is 26.4 Å². The summed E-state index contributed by atoms with van der Waals surface area (Å²) in [6.45, 7) is 0.228. The Morgan fingerprint density at radius 1 is 1.18 bits per heavy atom. The first-order valence-electron chi connectivity index (χ1n) is 5.45. The highest BCUT2D eigenvalue weighted by Crippen LogP contribution is 2.05. The number of carbonyl (C=O) groups excluding carboxylic acids is 1. The monoisotopic (exact) mass is 239 g/mol. The Morgan fingerprint density at radius 3 is 2.47 bits per heavy atom. The Bertz CT molecular complexity index is 329. The molecule has 0 aliphatic rings. The topological polar surface area (TPSA) is 70.0 Å². The van der Waals surface area contributed by atoms with Crippen LogP contribution in [0.5, 0.6) is 0 Å². The van der Waals surface area contributed by atoms with Crippen molar-refractivity contribution in [3.63, 3.8) is 0 Å². The van der Waals surface area contributed by atoms with E-state index in [1.165, 1.54) is 4.90 Å². The molecule has 0 unspecified atom stereocenters. The fourth-order valence-electron chi connectivity index (χ4n) is 1.38. The van der Waals surface area contributed by atoms with Gasteiger partial charge in [-0.1, -0.05) is 30.3 Å². The summed E-state index contributed by atoms with van der Waals surface area (Å²) in [5.74, 6) is 0. The Kier molecular flexibility index (Phi) is 6.06. The van der Waals surface area contributed by atoms with Gasteiger partial charge in [0, 0.05) is 13.1 Å². The molecule has 0 fully saturated rings. The molecule has 0 aliphatic heterocycles. The zero-order valence-electron chi connectivity index (χ0n) is 9.58. The van der Waals surface area contributed by atoms with Crippen LogP contribution < -0.4 is 0 Å². The molecule has 0 saturated carbocycles. The molecule has 0 aromatic heterocycles. The number of aliphatic hydroxyl groups excluding tert-OH is 2. The van der Waals surface area contributed by atoms with Crippen molar-refractivity contribution in [3.8, 4) is 0 Å². The van der Waals surface area contributed by atoms with Crippen LogP contribution in [-0.2, 0) is 11.3 Å². The van der Waals surface area contributed by atoms with Gasteiger partial charge in [-0.3, -0.25) is 0 Å². The van der Waals surface area contributed by atoms with Crippen molar-refractivity contribution in [3.05, 3.63) is 35.9 Å². The molecule has 0 radical (unpaired) electrons. The standard InChI is InChI=1S/C12H17NO4/c14-7-6-13(12(16)17-9-8-15)10-11-4-2-1-3-5-11/h1-5,14-15H,6-10H2. The lowest BCUT2D eigenvalue weighted by molar-refractivity contribution is 0.0759. The minimum Gasteiger partial charge on any atom is -0.447 e. The van der Waals surface area contributed by atoms with Gasteiger partial charge in [0.1, 0.15) is 6.61 Å². The van der Waals surface area contributed by atoms with Gasteiger partial charge in [0.2, 0.25) is 0 Å². The van der Waals surface area contributed by atoms with E-state index in [4.69, 9.17) is 14.9 Å². The summed E-state index contributed by atoms with van der Waals surface area (Å²) in [4.78, 5) is 13.0. The molecule has 1 aromatic carbocycles. The summed E-state index contributed by atoms with van der Waals surface area (Å²) in [7, 11) is 0. The van der Waals surface area contributed by atoms with Crippen LogP contribution >= 0.6 is 0 Å². The number of rotatable bonds is 6. The van der Waals surface area contributed by atoms with Gasteiger partial charge in [0.05, 0.1) is 13.2 Å². The number of hydrogen-bond donors (Lipinski definition) is 2. The molecule has 94 valence electrons. The Hall–Kier alpha value is -1.59. The van der Waals surface area contributed by atoms with E-state index >= 15 is 0 Å². The van der Waals surface area contributed by atoms with Gasteiger partial charge >= 0.3 is 6.09 Å². The maximum absolute atomic E-state index is 11.6. The Balaban J connectivity index is 2.56. The lowest BCUT2D eigenvalue weighted by atomic mass is 10.2. The number of carbonyl (C=O) groups is 1. The van der Waals surface area contributed by atoms with Gasteiger partial charge in [-0.25, -0.2) is 4.79 Å². The number of benzene rings is 1. The van der Waals surface area contributed by atoms with E-state index in [-0.39, 0.29) is 26.4 Å². The van der Waals surface area contributed by atoms with Crippen molar-refractivity contribution in [2.24, 2.45) is 0 Å². The van der Waals surface area contributed by atoms with Crippen LogP contribution in [0.2, 0.25) is 0 Å². The third-order valence-electron chi connectivity index (χ3n) is 2.16. The highest BCUT2D eigenvalue weighted by atomic mass is 16.6. The fraction of sp³-hybridized carbons (Fsp3) is 0.417. The van der Waals surface area contributed by atoms with Gasteiger partial charge < -0.3 is 19.8 Å². The van der Waals surface area contributed by atoms with Crippen molar-refractivity contribution in [2.45, 2.75) is 6.54 Å². The number of hydrogen-bond acceptors (Lipinski definition) is 4. The molecule has 1 amide bonds. The van der Waals surface area contributed by atoms with Gasteiger partial charge in [0.25, 0.3) is 0 Å². The van der Waals surface area contributed by atoms with Crippen molar-refractivity contribution >= 4 is 6.09 Å². The van der Waals surface area contributed by atoms with Gasteiger partial charge in [-0.2, -0.15) is 0 Å². The highest BCUT2D eigenvalue weighted by molar-refractivity contribution is 5.67. The van der Waals surface area contributed by atoms with Gasteiger partial charge in [-0.05, 0) is 5.56 Å². The molecule has 0 aliphatic carbocycles. The van der Waals surface area contributed by atoms with Gasteiger partial charge in [0.15, 0.2) is 0 Å². The third kappa shape index (κ3) is 4.84. The molecule has 0 heterocycles. The molecule has 1 aromatic rings. The van der Waals surface area contributed by atoms with E-state index in [2.05, 4.69) is 0 Å². The summed E-state index contributed by atoms with van der Waals surface area (Å²) < 4.78 is 4.80. The molecular weight excluding hydrogens is 222 g/mol. The molecule has 1 rings (SSSR count). The van der Waals surface area contributed by atoms with Crippen LogP contribution in [0.1, 0.15) is 5.56 Å². The summed E-state index contributed by atoms with van der Waals surface area (Å²) in [6, 6.07) is 9.44. The predicted molar refractivity (Wildman–Crippen MR) is 62.4 cm³/mol. The van der Waals surface area contributed by atoms with Crippen molar-refractivity contribution in [1.82, 2.24) is 4.90 Å². The fourth-order valence-corrected chi connectivity index (χ4v) is 1.38. The third-order valence-corrected chi connectivity index (χ3v) is 2.16. The first-order valence-corrected chi connectivity index (χ1v) is 5.45. The summed E-state index contributed by atoms with van der Waals surface area (Å²) >= 11 is 0. The number of ether oxygens (including phenoxy) is 1. The Morgan fingerprint density at radius 2 is 1.88 bits per heavy atom. The lowest BCUT2D eigenvalue weighted by Gasteiger charge is -2.21. The van der Waals surface area contributed by atoms with Crippen LogP contribution in [0.3, 0.4) is 0 Å². The smallest absolute Gasteiger partial charge is 0.410 e. The van der Waals surface area contributed by atoms with E-state index in [1.807, 2.05) is 30.3 Å². The second-order valence-electron chi connectivity index (χ2n) is 3.47. The van der Waals surface area contributed by atoms with Crippen molar-refractivity contribution < 1.29 is 19.7 Å². The minimum absolute atomic E-state index is 0.0322. The minimum atomic E-state index is -0.531. The van der Waals surface area contributed by atoms with Crippen LogP contribution in [0.15, 0.2) is 30.3 Å². The maximum Gasteiger partial charge on any atom is 0.410 e. The van der Waals surface area contributed by atoms with Crippen LogP contribution in [0.25, 0.3) is 0 Å². The average molecular weight is 239 g/mol. The molecule has 5 nitrogen and oxygen atoms in total. The van der Waals surface area contributed by atoms with E-state index in [0.29, 0.717) is 6.54 Å². The molecule has 0 atom stereocenters. The number of nitrogens with zero attached hydrogens (tertiary/aromatic N) is 1. The summed E-state index contributed by atoms with van der Waals surface area (Å²) in [5.41, 5.74) is 0.960. The van der Waals surface area contributed by atoms with Crippen LogP contribution in [0, 0.1) is 0 Å². The SMILES string of the molecule is O=C(OCCO)N(CCO)Cc1ccccc1. The summed E-state index contributed by atoms with van der Waals surface area (Å²) in [6.07, 6.45) is -0.531. The number of aliphatic hydroxyl groups is 2. The first-order chi connectivity index (χ1) is 8.27. The number of amides is 1. The lowest BCUT2D eigenvalue weighted by Crippen LogP contribution is -2.34. The van der Waals surface area contributed by atoms with E-state index in [9.17, 15) is 4.79 Å². The predicted octanol–water partition coefficient (Wildman–Crippen LogP) is 0.610. The van der Waals surface area contributed by atoms with Crippen LogP contribution in [-0.4, -0.2) is 47.6 Å². The highest BCUT2D eigenvalue weighted by Gasteiger charge is 2.14. The molecule has 0 spiro atoms. The maximum atomic E-state index is 11.6. The van der Waals surface area contributed by atoms with Crippen LogP contribution in [0.4, 0.5) is 4.79 Å². The average Bonchev–Trinajstić information content (AvgIpc) is 2.36. The molecule has 17 heavy (non-hydrogen) atoms. The van der Waals surface area contributed by atoms with E-state index in [1.54, 1.807) is 0 Å². The normalized spacial score (nSPS) is 10.0. The first kappa shape index (κ1) is 13.5. The van der Waals surface area contributed by atoms with Crippen molar-refractivity contribution in [1.29, 1.82) is 0 Å². The zero-order valence-corrected chi connectivity index (χ0v) is 9.58. The quantitative estimate of drug-likeness (QED) is 0.763. The second-order valence-corrected chi connectivity index (χ2v) is 3.47. The van der Waals surface area contributed by atoms with E-state index in [0.717, 1.165) is 5.56 Å². The second kappa shape index (κ2) is 7.65. The van der Waals surface area contributed by atoms with Gasteiger partial charge in [-0.15, -0.1) is 0 Å². The molecule has 2 N–H and O–H groups in total. The molecule has 0 bridgehead atoms. The summed E-state index contributed by atoms with van der Waals surface area (Å²) in [5, 5.41) is 17.5. The molecule has 0 saturated heterocycles. The largest absolute Gasteiger partial charge is 0.447 e. The molecular formula is C12H17NO4. The zero-order chi connectivity index (χ0) is 12.5.